The van der Waals surface area contributed by atoms with Gasteiger partial charge < -0.3 is 4.74 Å². The number of para-hydroxylation sites is 2. The van der Waals surface area contributed by atoms with E-state index in [-0.39, 0.29) is 33.6 Å². The highest BCUT2D eigenvalue weighted by Crippen LogP contribution is 2.69. The molecule has 0 aromatic heterocycles. The Morgan fingerprint density at radius 2 is 1.23 bits per heavy atom. The number of rotatable bonds is 4. The molecule has 3 fully saturated rings. The molecule has 6 atom stereocenters. The molecule has 10 heteroatoms. The van der Waals surface area contributed by atoms with E-state index in [1.54, 1.807) is 69.3 Å². The van der Waals surface area contributed by atoms with Crippen molar-refractivity contribution in [2.24, 2.45) is 35.0 Å². The van der Waals surface area contributed by atoms with Gasteiger partial charge in [0.15, 0.2) is 0 Å². The average molecular weight is 567 g/mol. The fourth-order valence-corrected chi connectivity index (χ4v) is 7.99. The van der Waals surface area contributed by atoms with E-state index in [0.717, 1.165) is 9.80 Å². The van der Waals surface area contributed by atoms with Crippen molar-refractivity contribution in [2.75, 3.05) is 16.4 Å². The number of esters is 1. The molecule has 1 saturated carbocycles. The minimum atomic E-state index is -1.49. The number of nitrogens with zero attached hydrogens (tertiary/aromatic N) is 2. The number of benzene rings is 2. The molecule has 3 aliphatic carbocycles. The number of carbonyl (C=O) groups excluding carboxylic acids is 5. The molecule has 2 aromatic rings. The Bertz CT molecular complexity index is 1440. The van der Waals surface area contributed by atoms with Gasteiger partial charge in [0.2, 0.25) is 23.6 Å². The average Bonchev–Trinajstić information content (AvgIpc) is 3.31. The van der Waals surface area contributed by atoms with E-state index in [4.69, 9.17) is 27.9 Å². The van der Waals surface area contributed by atoms with Gasteiger partial charge in [-0.1, -0.05) is 60.0 Å². The molecule has 2 aromatic carbocycles. The summed E-state index contributed by atoms with van der Waals surface area (Å²) in [5.74, 6) is -7.72. The number of amides is 4. The van der Waals surface area contributed by atoms with Gasteiger partial charge in [-0.3, -0.25) is 19.2 Å². The maximum absolute atomic E-state index is 14.2. The van der Waals surface area contributed by atoms with Crippen LogP contribution < -0.4 is 9.80 Å². The van der Waals surface area contributed by atoms with E-state index in [2.05, 4.69) is 0 Å². The van der Waals surface area contributed by atoms with Crippen molar-refractivity contribution in [1.82, 2.24) is 0 Å². The number of allylic oxidation sites excluding steroid dienone is 1. The molecule has 2 saturated heterocycles. The topological polar surface area (TPSA) is 101 Å². The summed E-state index contributed by atoms with van der Waals surface area (Å²) < 4.78 is 5.39. The van der Waals surface area contributed by atoms with E-state index in [1.807, 2.05) is 0 Å². The van der Waals surface area contributed by atoms with Crippen LogP contribution in [0.15, 0.2) is 59.7 Å². The van der Waals surface area contributed by atoms with Gasteiger partial charge in [-0.2, -0.15) is 0 Å². The molecule has 5 aliphatic rings. The van der Waals surface area contributed by atoms with Crippen molar-refractivity contribution < 1.29 is 28.7 Å². The van der Waals surface area contributed by atoms with Crippen molar-refractivity contribution in [2.45, 2.75) is 20.8 Å². The Morgan fingerprint density at radius 1 is 0.795 bits per heavy atom. The molecule has 4 amide bonds. The van der Waals surface area contributed by atoms with Crippen LogP contribution in [0, 0.1) is 35.0 Å². The zero-order valence-corrected chi connectivity index (χ0v) is 22.8. The summed E-state index contributed by atoms with van der Waals surface area (Å²) in [6.45, 7) is 5.06. The molecule has 0 spiro atoms. The van der Waals surface area contributed by atoms with Gasteiger partial charge in [0.05, 0.1) is 51.7 Å². The number of hydrogen-bond donors (Lipinski definition) is 0. The number of ether oxygens (including phenoxy) is 1. The number of halogens is 2. The van der Waals surface area contributed by atoms with Crippen molar-refractivity contribution in [3.8, 4) is 0 Å². The third kappa shape index (κ3) is 3.16. The molecule has 8 nitrogen and oxygen atoms in total. The molecule has 2 bridgehead atoms. The van der Waals surface area contributed by atoms with E-state index < -0.39 is 64.6 Å². The van der Waals surface area contributed by atoms with Crippen LogP contribution in [0.4, 0.5) is 11.4 Å². The second-order valence-electron chi connectivity index (χ2n) is 10.5. The smallest absolute Gasteiger partial charge is 0.334 e. The molecule has 2 heterocycles. The van der Waals surface area contributed by atoms with Crippen LogP contribution in [0.25, 0.3) is 0 Å². The third-order valence-electron chi connectivity index (χ3n) is 8.87. The molecule has 0 radical (unpaired) electrons. The summed E-state index contributed by atoms with van der Waals surface area (Å²) in [6.07, 6.45) is 0. The molecule has 2 unspecified atom stereocenters. The predicted octanol–water partition coefficient (Wildman–Crippen LogP) is 4.43. The molecule has 2 aliphatic heterocycles. The highest BCUT2D eigenvalue weighted by atomic mass is 35.5. The summed E-state index contributed by atoms with van der Waals surface area (Å²) in [5.41, 5.74) is -0.375. The summed E-state index contributed by atoms with van der Waals surface area (Å²) in [4.78, 5) is 71.9. The lowest BCUT2D eigenvalue weighted by molar-refractivity contribution is -0.155. The first-order valence-corrected chi connectivity index (χ1v) is 13.5. The highest BCUT2D eigenvalue weighted by Gasteiger charge is 2.77. The fraction of sp³-hybridized carbons (Fsp3) is 0.345. The monoisotopic (exact) mass is 566 g/mol. The van der Waals surface area contributed by atoms with Gasteiger partial charge in [-0.15, -0.1) is 0 Å². The fourth-order valence-electron chi connectivity index (χ4n) is 7.55. The SMILES string of the molecule is CCOC(=O)C1=C(C)C2[C@H]3C(=O)N(c4ccccc4Cl)C(=O)[C@@H]3C1(C)[C@H]1C(=O)N(c3ccccc3Cl)C(=O)[C@@H]21. The maximum Gasteiger partial charge on any atom is 0.334 e. The summed E-state index contributed by atoms with van der Waals surface area (Å²) in [6, 6.07) is 13.0. The molecule has 39 heavy (non-hydrogen) atoms. The maximum atomic E-state index is 14.2. The Kier molecular flexibility index (Phi) is 5.79. The summed E-state index contributed by atoms with van der Waals surface area (Å²) in [7, 11) is 0. The standard InChI is InChI=1S/C29H24Cl2N2O6/c1-4-39-28(38)21-13(2)18-19-22(26(36)32(24(19)34)16-11-7-5-9-14(16)30)29(21,3)23-20(18)25(35)33(27(23)37)17-12-8-6-10-15(17)31/h5-12,18-20,22-23H,4H2,1-3H3/t18?,19-,20+,22-,23-,29?/m1/s1. The Balaban J connectivity index is 1.57. The number of imide groups is 2. The Labute approximate surface area is 234 Å². The molecular weight excluding hydrogens is 543 g/mol. The van der Waals surface area contributed by atoms with Crippen LogP contribution in [0.3, 0.4) is 0 Å². The zero-order valence-electron chi connectivity index (χ0n) is 21.3. The minimum absolute atomic E-state index is 0.0792. The van der Waals surface area contributed by atoms with Gasteiger partial charge in [0.1, 0.15) is 0 Å². The van der Waals surface area contributed by atoms with E-state index in [1.165, 1.54) is 0 Å². The number of anilines is 2. The van der Waals surface area contributed by atoms with Crippen LogP contribution in [-0.4, -0.2) is 36.2 Å². The van der Waals surface area contributed by atoms with Crippen LogP contribution >= 0.6 is 23.2 Å². The molecular formula is C29H24Cl2N2O6. The number of hydrogen-bond acceptors (Lipinski definition) is 6. The van der Waals surface area contributed by atoms with Crippen molar-refractivity contribution in [3.05, 3.63) is 69.7 Å². The van der Waals surface area contributed by atoms with Crippen LogP contribution in [0.1, 0.15) is 20.8 Å². The van der Waals surface area contributed by atoms with Crippen molar-refractivity contribution in [1.29, 1.82) is 0 Å². The third-order valence-corrected chi connectivity index (χ3v) is 9.51. The first kappa shape index (κ1) is 25.8. The normalized spacial score (nSPS) is 31.3. The Hall–Kier alpha value is -3.49. The van der Waals surface area contributed by atoms with Gasteiger partial charge in [0.25, 0.3) is 0 Å². The van der Waals surface area contributed by atoms with Crippen LogP contribution in [0.2, 0.25) is 10.0 Å². The van der Waals surface area contributed by atoms with Crippen molar-refractivity contribution in [3.63, 3.8) is 0 Å². The number of carbonyl (C=O) groups is 5. The Morgan fingerprint density at radius 3 is 1.64 bits per heavy atom. The second-order valence-corrected chi connectivity index (χ2v) is 11.3. The largest absolute Gasteiger partial charge is 0.463 e. The summed E-state index contributed by atoms with van der Waals surface area (Å²) >= 11 is 12.8. The van der Waals surface area contributed by atoms with E-state index >= 15 is 0 Å². The first-order chi connectivity index (χ1) is 18.6. The van der Waals surface area contributed by atoms with Gasteiger partial charge >= 0.3 is 5.97 Å². The summed E-state index contributed by atoms with van der Waals surface area (Å²) in [5, 5.41) is 0.422. The zero-order chi connectivity index (χ0) is 28.0. The lowest BCUT2D eigenvalue weighted by Gasteiger charge is -2.55. The lowest BCUT2D eigenvalue weighted by atomic mass is 9.43. The van der Waals surface area contributed by atoms with Gasteiger partial charge in [-0.05, 0) is 38.1 Å². The van der Waals surface area contributed by atoms with Crippen molar-refractivity contribution >= 4 is 64.2 Å². The first-order valence-electron chi connectivity index (χ1n) is 12.7. The van der Waals surface area contributed by atoms with E-state index in [9.17, 15) is 24.0 Å². The lowest BCUT2D eigenvalue weighted by Crippen LogP contribution is -2.61. The van der Waals surface area contributed by atoms with Gasteiger partial charge in [0, 0.05) is 16.9 Å². The molecule has 7 rings (SSSR count). The van der Waals surface area contributed by atoms with Gasteiger partial charge in [-0.25, -0.2) is 14.6 Å². The molecule has 0 N–H and O–H groups in total. The highest BCUT2D eigenvalue weighted by molar-refractivity contribution is 6.37. The second kappa shape index (κ2) is 8.76. The van der Waals surface area contributed by atoms with Crippen LogP contribution in [0.5, 0.6) is 0 Å². The quantitative estimate of drug-likeness (QED) is 0.400. The molecule has 200 valence electrons. The van der Waals surface area contributed by atoms with E-state index in [0.29, 0.717) is 5.57 Å². The van der Waals surface area contributed by atoms with Crippen LogP contribution in [-0.2, 0) is 28.7 Å². The predicted molar refractivity (Wildman–Crippen MR) is 143 cm³/mol. The minimum Gasteiger partial charge on any atom is -0.463 e.